The Labute approximate surface area is 140 Å². The predicted molar refractivity (Wildman–Crippen MR) is 92.5 cm³/mol. The summed E-state index contributed by atoms with van der Waals surface area (Å²) in [5, 5.41) is 13.3. The molecule has 0 spiro atoms. The summed E-state index contributed by atoms with van der Waals surface area (Å²) in [7, 11) is 0. The molecule has 0 saturated heterocycles. The van der Waals surface area contributed by atoms with E-state index in [1.54, 1.807) is 24.3 Å². The fourth-order valence-electron chi connectivity index (χ4n) is 2.11. The van der Waals surface area contributed by atoms with E-state index in [1.165, 1.54) is 24.3 Å². The molecule has 126 valence electrons. The minimum Gasteiger partial charge on any atom is -0.494 e. The van der Waals surface area contributed by atoms with Crippen LogP contribution in [0.25, 0.3) is 0 Å². The fraction of sp³-hybridized carbons (Fsp3) is 0.278. The highest BCUT2D eigenvalue weighted by atomic mass is 16.6. The second-order valence-electron chi connectivity index (χ2n) is 5.34. The van der Waals surface area contributed by atoms with Crippen LogP contribution in [0.2, 0.25) is 0 Å². The summed E-state index contributed by atoms with van der Waals surface area (Å²) in [6.07, 6.45) is 3.29. The molecule has 2 rings (SSSR count). The number of non-ortho nitro benzene ring substituents is 1. The predicted octanol–water partition coefficient (Wildman–Crippen LogP) is 4.42. The Morgan fingerprint density at radius 2 is 1.75 bits per heavy atom. The number of anilines is 1. The first-order valence-electron chi connectivity index (χ1n) is 7.89. The fourth-order valence-corrected chi connectivity index (χ4v) is 2.11. The molecule has 1 N–H and O–H groups in total. The van der Waals surface area contributed by atoms with Crippen molar-refractivity contribution in [2.24, 2.45) is 0 Å². The molecule has 0 aromatic heterocycles. The molecule has 0 aliphatic carbocycles. The molecule has 0 aliphatic heterocycles. The van der Waals surface area contributed by atoms with Crippen molar-refractivity contribution in [2.75, 3.05) is 11.9 Å². The zero-order valence-corrected chi connectivity index (χ0v) is 13.5. The quantitative estimate of drug-likeness (QED) is 0.442. The molecule has 0 fully saturated rings. The van der Waals surface area contributed by atoms with Gasteiger partial charge >= 0.3 is 0 Å². The van der Waals surface area contributed by atoms with E-state index in [4.69, 9.17) is 4.74 Å². The minimum absolute atomic E-state index is 0.0161. The molecular weight excluding hydrogens is 308 g/mol. The number of carbonyl (C=O) groups is 1. The molecule has 0 atom stereocenters. The maximum Gasteiger partial charge on any atom is 0.269 e. The van der Waals surface area contributed by atoms with Gasteiger partial charge < -0.3 is 10.1 Å². The molecule has 0 aliphatic rings. The van der Waals surface area contributed by atoms with Crippen LogP contribution in [0, 0.1) is 10.1 Å². The van der Waals surface area contributed by atoms with Gasteiger partial charge in [-0.05, 0) is 42.8 Å². The average molecular weight is 328 g/mol. The highest BCUT2D eigenvalue weighted by Crippen LogP contribution is 2.17. The van der Waals surface area contributed by atoms with Crippen LogP contribution in [-0.4, -0.2) is 17.4 Å². The van der Waals surface area contributed by atoms with Crippen molar-refractivity contribution in [1.29, 1.82) is 0 Å². The van der Waals surface area contributed by atoms with Crippen LogP contribution >= 0.6 is 0 Å². The monoisotopic (exact) mass is 328 g/mol. The van der Waals surface area contributed by atoms with Crippen molar-refractivity contribution in [2.45, 2.75) is 26.2 Å². The summed E-state index contributed by atoms with van der Waals surface area (Å²) in [5.41, 5.74) is 0.984. The first kappa shape index (κ1) is 17.5. The lowest BCUT2D eigenvalue weighted by Gasteiger charge is -2.08. The maximum absolute atomic E-state index is 12.2. The molecule has 0 bridgehead atoms. The highest BCUT2D eigenvalue weighted by molar-refractivity contribution is 6.04. The van der Waals surface area contributed by atoms with Gasteiger partial charge in [0.25, 0.3) is 11.6 Å². The smallest absolute Gasteiger partial charge is 0.269 e. The minimum atomic E-state index is -0.481. The Morgan fingerprint density at radius 3 is 2.33 bits per heavy atom. The first-order valence-corrected chi connectivity index (χ1v) is 7.89. The normalized spacial score (nSPS) is 10.2. The number of hydrogen-bond acceptors (Lipinski definition) is 4. The van der Waals surface area contributed by atoms with E-state index in [9.17, 15) is 14.9 Å². The van der Waals surface area contributed by atoms with Gasteiger partial charge in [0.1, 0.15) is 5.75 Å². The van der Waals surface area contributed by atoms with E-state index in [1.807, 2.05) is 0 Å². The van der Waals surface area contributed by atoms with Crippen molar-refractivity contribution in [3.63, 3.8) is 0 Å². The number of hydrogen-bond donors (Lipinski definition) is 1. The Kier molecular flexibility index (Phi) is 6.31. The Hall–Kier alpha value is -2.89. The number of unbranched alkanes of at least 4 members (excludes halogenated alkanes) is 2. The average Bonchev–Trinajstić information content (AvgIpc) is 2.59. The van der Waals surface area contributed by atoms with E-state index in [0.717, 1.165) is 25.0 Å². The lowest BCUT2D eigenvalue weighted by atomic mass is 10.2. The Balaban J connectivity index is 1.91. The highest BCUT2D eigenvalue weighted by Gasteiger charge is 2.08. The Morgan fingerprint density at radius 1 is 1.08 bits per heavy atom. The van der Waals surface area contributed by atoms with Gasteiger partial charge in [0.15, 0.2) is 0 Å². The van der Waals surface area contributed by atoms with Crippen LogP contribution in [0.1, 0.15) is 36.5 Å². The van der Waals surface area contributed by atoms with Crippen molar-refractivity contribution < 1.29 is 14.5 Å². The van der Waals surface area contributed by atoms with Crippen LogP contribution in [0.3, 0.4) is 0 Å². The van der Waals surface area contributed by atoms with Crippen LogP contribution in [0.4, 0.5) is 11.4 Å². The van der Waals surface area contributed by atoms with Crippen LogP contribution in [-0.2, 0) is 0 Å². The third kappa shape index (κ3) is 5.08. The van der Waals surface area contributed by atoms with Gasteiger partial charge in [-0.15, -0.1) is 0 Å². The van der Waals surface area contributed by atoms with Gasteiger partial charge in [-0.1, -0.05) is 19.8 Å². The lowest BCUT2D eigenvalue weighted by molar-refractivity contribution is -0.384. The number of ether oxygens (including phenoxy) is 1. The summed E-state index contributed by atoms with van der Waals surface area (Å²) in [5.74, 6) is 0.458. The molecule has 2 aromatic carbocycles. The number of carbonyl (C=O) groups excluding carboxylic acids is 1. The summed E-state index contributed by atoms with van der Waals surface area (Å²) in [6.45, 7) is 2.81. The molecule has 2 aromatic rings. The molecule has 0 unspecified atom stereocenters. The standard InChI is InChI=1S/C18H20N2O4/c1-2-3-4-13-24-17-11-5-14(6-12-17)18(21)19-15-7-9-16(10-8-15)20(22)23/h5-12H,2-4,13H2,1H3,(H,19,21). The van der Waals surface area contributed by atoms with Gasteiger partial charge in [0.2, 0.25) is 0 Å². The van der Waals surface area contributed by atoms with Gasteiger partial charge in [-0.25, -0.2) is 0 Å². The van der Waals surface area contributed by atoms with Crippen molar-refractivity contribution in [1.82, 2.24) is 0 Å². The SMILES string of the molecule is CCCCCOc1ccc(C(=O)Nc2ccc([N+](=O)[O-])cc2)cc1. The van der Waals surface area contributed by atoms with Crippen LogP contribution in [0.5, 0.6) is 5.75 Å². The third-order valence-corrected chi connectivity index (χ3v) is 3.47. The van der Waals surface area contributed by atoms with E-state index >= 15 is 0 Å². The van der Waals surface area contributed by atoms with Gasteiger partial charge in [-0.2, -0.15) is 0 Å². The van der Waals surface area contributed by atoms with E-state index in [2.05, 4.69) is 12.2 Å². The van der Waals surface area contributed by atoms with Gasteiger partial charge in [0.05, 0.1) is 11.5 Å². The van der Waals surface area contributed by atoms with Crippen LogP contribution < -0.4 is 10.1 Å². The number of nitro groups is 1. The largest absolute Gasteiger partial charge is 0.494 e. The first-order chi connectivity index (χ1) is 11.6. The summed E-state index contributed by atoms with van der Waals surface area (Å²) in [6, 6.07) is 12.6. The molecule has 24 heavy (non-hydrogen) atoms. The number of benzene rings is 2. The number of rotatable bonds is 8. The molecule has 6 nitrogen and oxygen atoms in total. The topological polar surface area (TPSA) is 81.5 Å². The van der Waals surface area contributed by atoms with Crippen molar-refractivity contribution in [3.8, 4) is 5.75 Å². The lowest BCUT2D eigenvalue weighted by Crippen LogP contribution is -2.11. The second-order valence-corrected chi connectivity index (χ2v) is 5.34. The van der Waals surface area contributed by atoms with Gasteiger partial charge in [-0.3, -0.25) is 14.9 Å². The Bertz CT molecular complexity index is 681. The van der Waals surface area contributed by atoms with Crippen LogP contribution in [0.15, 0.2) is 48.5 Å². The van der Waals surface area contributed by atoms with Gasteiger partial charge in [0, 0.05) is 23.4 Å². The molecular formula is C18H20N2O4. The number of nitrogens with zero attached hydrogens (tertiary/aromatic N) is 1. The van der Waals surface area contributed by atoms with Crippen molar-refractivity contribution >= 4 is 17.3 Å². The number of nitrogens with one attached hydrogen (secondary N) is 1. The van der Waals surface area contributed by atoms with E-state index in [-0.39, 0.29) is 11.6 Å². The third-order valence-electron chi connectivity index (χ3n) is 3.47. The summed E-state index contributed by atoms with van der Waals surface area (Å²) >= 11 is 0. The van der Waals surface area contributed by atoms with Crippen molar-refractivity contribution in [3.05, 3.63) is 64.2 Å². The second kappa shape index (κ2) is 8.67. The molecule has 0 heterocycles. The maximum atomic E-state index is 12.2. The number of nitro benzene ring substituents is 1. The molecule has 6 heteroatoms. The zero-order chi connectivity index (χ0) is 17.4. The van der Waals surface area contributed by atoms with E-state index < -0.39 is 4.92 Å². The van der Waals surface area contributed by atoms with E-state index in [0.29, 0.717) is 17.9 Å². The summed E-state index contributed by atoms with van der Waals surface area (Å²) < 4.78 is 5.60. The molecule has 1 amide bonds. The molecule has 0 saturated carbocycles. The molecule has 0 radical (unpaired) electrons. The zero-order valence-electron chi connectivity index (χ0n) is 13.5. The number of amides is 1. The summed E-state index contributed by atoms with van der Waals surface area (Å²) in [4.78, 5) is 22.3.